The van der Waals surface area contributed by atoms with Gasteiger partial charge in [-0.05, 0) is 64.6 Å². The third kappa shape index (κ3) is 9.65. The molecule has 3 atom stereocenters. The van der Waals surface area contributed by atoms with Gasteiger partial charge in [0.05, 0.1) is 12.5 Å². The molecule has 1 rings (SSSR count). The Labute approximate surface area is 188 Å². The van der Waals surface area contributed by atoms with Crippen LogP contribution in [0.5, 0.6) is 0 Å². The maximum Gasteiger partial charge on any atom is 0.342 e. The number of esters is 2. The molecule has 0 aromatic rings. The highest BCUT2D eigenvalue weighted by molar-refractivity contribution is 5.78. The lowest BCUT2D eigenvalue weighted by molar-refractivity contribution is -0.162. The van der Waals surface area contributed by atoms with Gasteiger partial charge in [0.25, 0.3) is 0 Å². The Bertz CT molecular complexity index is 729. The summed E-state index contributed by atoms with van der Waals surface area (Å²) in [6.07, 6.45) is 1.42. The molecule has 1 N–H and O–H groups in total. The molecule has 0 saturated carbocycles. The van der Waals surface area contributed by atoms with Crippen molar-refractivity contribution in [2.24, 2.45) is 21.9 Å². The van der Waals surface area contributed by atoms with Crippen LogP contribution < -0.4 is 5.32 Å². The molecule has 0 bridgehead atoms. The summed E-state index contributed by atoms with van der Waals surface area (Å²) in [6, 6.07) is -0.628. The lowest BCUT2D eigenvalue weighted by Crippen LogP contribution is -2.43. The molecule has 1 aliphatic heterocycles. The van der Waals surface area contributed by atoms with Gasteiger partial charge in [-0.25, -0.2) is 9.79 Å². The molecule has 0 aliphatic carbocycles. The minimum atomic E-state index is -1.03. The first-order chi connectivity index (χ1) is 14.9. The van der Waals surface area contributed by atoms with Crippen molar-refractivity contribution in [3.8, 4) is 0 Å². The molecular formula is C21H35N5O6. The molecular weight excluding hydrogens is 418 g/mol. The van der Waals surface area contributed by atoms with E-state index in [4.69, 9.17) is 19.7 Å². The number of carbonyl (C=O) groups excluding carboxylic acids is 3. The summed E-state index contributed by atoms with van der Waals surface area (Å²) < 4.78 is 16.7. The van der Waals surface area contributed by atoms with Crippen LogP contribution in [0.15, 0.2) is 10.1 Å². The van der Waals surface area contributed by atoms with Crippen LogP contribution in [-0.2, 0) is 23.8 Å². The van der Waals surface area contributed by atoms with Gasteiger partial charge in [0.15, 0.2) is 0 Å². The molecule has 1 saturated heterocycles. The smallest absolute Gasteiger partial charge is 0.342 e. The van der Waals surface area contributed by atoms with Crippen LogP contribution in [0.2, 0.25) is 0 Å². The van der Waals surface area contributed by atoms with Crippen molar-refractivity contribution in [2.45, 2.75) is 84.2 Å². The highest BCUT2D eigenvalue weighted by Gasteiger charge is 2.42. The van der Waals surface area contributed by atoms with Crippen LogP contribution in [0.3, 0.4) is 0 Å². The molecule has 32 heavy (non-hydrogen) atoms. The lowest BCUT2D eigenvalue weighted by atomic mass is 9.90. The molecule has 2 amide bonds. The number of urea groups is 1. The number of hydrogen-bond donors (Lipinski definition) is 1. The number of amides is 2. The predicted molar refractivity (Wildman–Crippen MR) is 118 cm³/mol. The quantitative estimate of drug-likeness (QED) is 0.165. The van der Waals surface area contributed by atoms with E-state index in [9.17, 15) is 14.4 Å². The average Bonchev–Trinajstić information content (AvgIpc) is 3.09. The number of ether oxygens (including phenoxy) is 3. The van der Waals surface area contributed by atoms with E-state index in [-0.39, 0.29) is 31.5 Å². The average molecular weight is 454 g/mol. The fraction of sp³-hybridized carbons (Fsp3) is 0.810. The summed E-state index contributed by atoms with van der Waals surface area (Å²) >= 11 is 0. The molecule has 0 spiro atoms. The Balaban J connectivity index is 2.67. The van der Waals surface area contributed by atoms with Crippen molar-refractivity contribution >= 4 is 24.7 Å². The van der Waals surface area contributed by atoms with Crippen LogP contribution >= 0.6 is 0 Å². The Hall–Kier alpha value is -2.65. The summed E-state index contributed by atoms with van der Waals surface area (Å²) in [7, 11) is 0. The maximum absolute atomic E-state index is 12.8. The lowest BCUT2D eigenvalue weighted by Gasteiger charge is -2.29. The highest BCUT2D eigenvalue weighted by atomic mass is 16.6. The standard InChI is InChI=1S/C21H35N5O6/c1-14(2)15(8-7-9-17(27)32-20(3,4)5)18(28)30-13-21(12-24-26-22)11-10-16(31-21)25-19(29)23-6/h14-16H,6-13H2,1-5H3,(H,25,29)/t15-,16+,21+/m0/s1. The molecule has 11 nitrogen and oxygen atoms in total. The van der Waals surface area contributed by atoms with E-state index < -0.39 is 35.3 Å². The Morgan fingerprint density at radius 1 is 1.34 bits per heavy atom. The number of rotatable bonds is 11. The number of aliphatic imine (C=N–C) groups is 1. The van der Waals surface area contributed by atoms with Crippen LogP contribution in [0, 0.1) is 11.8 Å². The van der Waals surface area contributed by atoms with Crippen LogP contribution in [-0.4, -0.2) is 55.3 Å². The van der Waals surface area contributed by atoms with E-state index >= 15 is 0 Å². The number of hydrogen-bond acceptors (Lipinski definition) is 7. The van der Waals surface area contributed by atoms with E-state index in [0.29, 0.717) is 25.7 Å². The Morgan fingerprint density at radius 3 is 2.59 bits per heavy atom. The van der Waals surface area contributed by atoms with Crippen LogP contribution in [0.4, 0.5) is 4.79 Å². The van der Waals surface area contributed by atoms with Gasteiger partial charge in [-0.2, -0.15) is 0 Å². The van der Waals surface area contributed by atoms with Crippen molar-refractivity contribution < 1.29 is 28.6 Å². The van der Waals surface area contributed by atoms with E-state index in [0.717, 1.165) is 0 Å². The molecule has 0 aromatic heterocycles. The van der Waals surface area contributed by atoms with Gasteiger partial charge in [0.1, 0.15) is 24.0 Å². The first-order valence-corrected chi connectivity index (χ1v) is 10.8. The van der Waals surface area contributed by atoms with Crippen molar-refractivity contribution in [1.29, 1.82) is 0 Å². The minimum absolute atomic E-state index is 0.00409. The second-order valence-corrected chi connectivity index (χ2v) is 9.26. The molecule has 0 radical (unpaired) electrons. The normalized spacial score (nSPS) is 21.4. The first-order valence-electron chi connectivity index (χ1n) is 10.8. The second kappa shape index (κ2) is 12.4. The van der Waals surface area contributed by atoms with Gasteiger partial charge < -0.3 is 19.5 Å². The fourth-order valence-electron chi connectivity index (χ4n) is 3.42. The molecule has 1 heterocycles. The van der Waals surface area contributed by atoms with E-state index in [1.54, 1.807) is 20.8 Å². The number of carbonyl (C=O) groups is 3. The first kappa shape index (κ1) is 27.4. The topological polar surface area (TPSA) is 152 Å². The maximum atomic E-state index is 12.8. The summed E-state index contributed by atoms with van der Waals surface area (Å²) in [4.78, 5) is 42.1. The Morgan fingerprint density at radius 2 is 2.03 bits per heavy atom. The van der Waals surface area contributed by atoms with Gasteiger partial charge in [-0.15, -0.1) is 0 Å². The highest BCUT2D eigenvalue weighted by Crippen LogP contribution is 2.31. The summed E-state index contributed by atoms with van der Waals surface area (Å²) in [5.74, 6) is -1.11. The minimum Gasteiger partial charge on any atom is -0.462 e. The summed E-state index contributed by atoms with van der Waals surface area (Å²) in [6.45, 7) is 12.2. The molecule has 1 fully saturated rings. The Kier molecular flexibility index (Phi) is 10.6. The van der Waals surface area contributed by atoms with Crippen molar-refractivity contribution in [3.63, 3.8) is 0 Å². The van der Waals surface area contributed by atoms with Gasteiger partial charge in [0.2, 0.25) is 0 Å². The number of nitrogens with one attached hydrogen (secondary N) is 1. The van der Waals surface area contributed by atoms with Gasteiger partial charge in [-0.3, -0.25) is 9.59 Å². The monoisotopic (exact) mass is 453 g/mol. The van der Waals surface area contributed by atoms with Gasteiger partial charge in [-0.1, -0.05) is 19.0 Å². The third-order valence-corrected chi connectivity index (χ3v) is 5.01. The number of azide groups is 1. The zero-order valence-corrected chi connectivity index (χ0v) is 19.6. The van der Waals surface area contributed by atoms with E-state index in [1.807, 2.05) is 13.8 Å². The van der Waals surface area contributed by atoms with Gasteiger partial charge in [0, 0.05) is 11.3 Å². The third-order valence-electron chi connectivity index (χ3n) is 5.01. The number of nitrogens with zero attached hydrogens (tertiary/aromatic N) is 4. The van der Waals surface area contributed by atoms with E-state index in [2.05, 4.69) is 27.1 Å². The van der Waals surface area contributed by atoms with Crippen molar-refractivity contribution in [2.75, 3.05) is 13.2 Å². The molecule has 11 heteroatoms. The fourth-order valence-corrected chi connectivity index (χ4v) is 3.42. The summed E-state index contributed by atoms with van der Waals surface area (Å²) in [5.41, 5.74) is 7.13. The zero-order valence-electron chi connectivity index (χ0n) is 19.6. The summed E-state index contributed by atoms with van der Waals surface area (Å²) in [5, 5.41) is 6.11. The largest absolute Gasteiger partial charge is 0.462 e. The SMILES string of the molecule is C=NC(=O)N[C@H]1CC[C@@](CN=[N+]=[N-])(COC(=O)[C@@H](CCCC(=O)OC(C)(C)C)C(C)C)O1. The molecule has 180 valence electrons. The molecule has 0 unspecified atom stereocenters. The zero-order chi connectivity index (χ0) is 24.4. The van der Waals surface area contributed by atoms with Crippen molar-refractivity contribution in [3.05, 3.63) is 10.4 Å². The predicted octanol–water partition coefficient (Wildman–Crippen LogP) is 3.91. The molecule has 0 aromatic carbocycles. The van der Waals surface area contributed by atoms with Crippen LogP contribution in [0.1, 0.15) is 66.7 Å². The van der Waals surface area contributed by atoms with Gasteiger partial charge >= 0.3 is 18.0 Å². The van der Waals surface area contributed by atoms with Crippen molar-refractivity contribution in [1.82, 2.24) is 5.32 Å². The second-order valence-electron chi connectivity index (χ2n) is 9.26. The van der Waals surface area contributed by atoms with Crippen LogP contribution in [0.25, 0.3) is 10.4 Å². The van der Waals surface area contributed by atoms with E-state index in [1.165, 1.54) is 0 Å². The molecule has 1 aliphatic rings.